The molecule has 0 aliphatic carbocycles. The predicted molar refractivity (Wildman–Crippen MR) is 82.6 cm³/mol. The lowest BCUT2D eigenvalue weighted by Gasteiger charge is -2.23. The van der Waals surface area contributed by atoms with Crippen LogP contribution in [0, 0.1) is 5.92 Å². The van der Waals surface area contributed by atoms with Crippen LogP contribution < -0.4 is 10.5 Å². The molecular weight excluding hydrogens is 234 g/mol. The van der Waals surface area contributed by atoms with Crippen LogP contribution in [0.25, 0.3) is 0 Å². The maximum atomic E-state index is 6.37. The number of hydrogen-bond donors (Lipinski definition) is 1. The third-order valence-electron chi connectivity index (χ3n) is 3.85. The standard InChI is InChI=1S/C17H29NO/c1-4-6-15(7-5-2)17(18)13-10-14-8-11-16(19-3)12-9-14/h8-9,11-12,15,17H,4-7,10,13,18H2,1-3H3. The highest BCUT2D eigenvalue weighted by Crippen LogP contribution is 2.20. The van der Waals surface area contributed by atoms with Crippen LogP contribution in [-0.2, 0) is 6.42 Å². The number of rotatable bonds is 9. The summed E-state index contributed by atoms with van der Waals surface area (Å²) < 4.78 is 5.17. The molecule has 0 aliphatic rings. The van der Waals surface area contributed by atoms with Crippen LogP contribution in [0.3, 0.4) is 0 Å². The van der Waals surface area contributed by atoms with Gasteiger partial charge in [-0.15, -0.1) is 0 Å². The van der Waals surface area contributed by atoms with Crippen molar-refractivity contribution in [2.75, 3.05) is 7.11 Å². The van der Waals surface area contributed by atoms with Gasteiger partial charge in [0.05, 0.1) is 7.11 Å². The Morgan fingerprint density at radius 3 is 2.05 bits per heavy atom. The summed E-state index contributed by atoms with van der Waals surface area (Å²) in [5.74, 6) is 1.61. The first kappa shape index (κ1) is 16.0. The number of hydrogen-bond acceptors (Lipinski definition) is 2. The van der Waals surface area contributed by atoms with Crippen molar-refractivity contribution < 1.29 is 4.74 Å². The predicted octanol–water partition coefficient (Wildman–Crippen LogP) is 4.17. The minimum Gasteiger partial charge on any atom is -0.497 e. The molecule has 0 heterocycles. The molecule has 108 valence electrons. The van der Waals surface area contributed by atoms with Gasteiger partial charge in [-0.1, -0.05) is 38.8 Å². The van der Waals surface area contributed by atoms with Crippen LogP contribution >= 0.6 is 0 Å². The molecule has 2 N–H and O–H groups in total. The summed E-state index contributed by atoms with van der Waals surface area (Å²) in [6, 6.07) is 8.66. The van der Waals surface area contributed by atoms with Gasteiger partial charge in [0.2, 0.25) is 0 Å². The highest BCUT2D eigenvalue weighted by molar-refractivity contribution is 5.27. The molecule has 0 bridgehead atoms. The maximum Gasteiger partial charge on any atom is 0.118 e. The molecule has 0 amide bonds. The fraction of sp³-hybridized carbons (Fsp3) is 0.647. The average molecular weight is 263 g/mol. The molecular formula is C17H29NO. The Hall–Kier alpha value is -1.02. The van der Waals surface area contributed by atoms with Crippen LogP contribution in [0.1, 0.15) is 51.5 Å². The van der Waals surface area contributed by atoms with E-state index < -0.39 is 0 Å². The van der Waals surface area contributed by atoms with Crippen molar-refractivity contribution in [1.29, 1.82) is 0 Å². The minimum absolute atomic E-state index is 0.335. The summed E-state index contributed by atoms with van der Waals surface area (Å²) in [5.41, 5.74) is 7.72. The first-order valence-corrected chi connectivity index (χ1v) is 7.59. The second-order valence-corrected chi connectivity index (χ2v) is 5.39. The number of nitrogens with two attached hydrogens (primary N) is 1. The van der Waals surface area contributed by atoms with Crippen LogP contribution in [0.5, 0.6) is 5.75 Å². The number of aryl methyl sites for hydroxylation is 1. The van der Waals surface area contributed by atoms with E-state index in [2.05, 4.69) is 26.0 Å². The second-order valence-electron chi connectivity index (χ2n) is 5.39. The second kappa shape index (κ2) is 8.98. The van der Waals surface area contributed by atoms with E-state index in [4.69, 9.17) is 10.5 Å². The fourth-order valence-corrected chi connectivity index (χ4v) is 2.68. The first-order chi connectivity index (χ1) is 9.21. The van der Waals surface area contributed by atoms with Gasteiger partial charge in [-0.2, -0.15) is 0 Å². The van der Waals surface area contributed by atoms with Crippen molar-refractivity contribution in [1.82, 2.24) is 0 Å². The molecule has 1 atom stereocenters. The van der Waals surface area contributed by atoms with E-state index in [0.717, 1.165) is 18.6 Å². The monoisotopic (exact) mass is 263 g/mol. The number of benzene rings is 1. The molecule has 1 rings (SSSR count). The van der Waals surface area contributed by atoms with Crippen LogP contribution in [0.15, 0.2) is 24.3 Å². The Morgan fingerprint density at radius 1 is 1.00 bits per heavy atom. The first-order valence-electron chi connectivity index (χ1n) is 7.59. The Labute approximate surface area is 118 Å². The van der Waals surface area contributed by atoms with E-state index in [1.165, 1.54) is 31.2 Å². The largest absolute Gasteiger partial charge is 0.497 e. The van der Waals surface area contributed by atoms with Crippen molar-refractivity contribution in [3.05, 3.63) is 29.8 Å². The van der Waals surface area contributed by atoms with E-state index >= 15 is 0 Å². The van der Waals surface area contributed by atoms with Gasteiger partial charge in [0.1, 0.15) is 5.75 Å². The van der Waals surface area contributed by atoms with E-state index in [0.29, 0.717) is 12.0 Å². The van der Waals surface area contributed by atoms with Gasteiger partial charge in [-0.05, 0) is 49.3 Å². The lowest BCUT2D eigenvalue weighted by atomic mass is 9.87. The van der Waals surface area contributed by atoms with Gasteiger partial charge in [-0.3, -0.25) is 0 Å². The number of ether oxygens (including phenoxy) is 1. The van der Waals surface area contributed by atoms with E-state index in [1.54, 1.807) is 7.11 Å². The fourth-order valence-electron chi connectivity index (χ4n) is 2.68. The topological polar surface area (TPSA) is 35.2 Å². The van der Waals surface area contributed by atoms with Crippen LogP contribution in [-0.4, -0.2) is 13.2 Å². The van der Waals surface area contributed by atoms with Crippen molar-refractivity contribution in [3.8, 4) is 5.75 Å². The lowest BCUT2D eigenvalue weighted by molar-refractivity contribution is 0.347. The van der Waals surface area contributed by atoms with Gasteiger partial charge in [-0.25, -0.2) is 0 Å². The average Bonchev–Trinajstić information content (AvgIpc) is 2.45. The summed E-state index contributed by atoms with van der Waals surface area (Å²) in [6.07, 6.45) is 7.14. The zero-order valence-corrected chi connectivity index (χ0v) is 12.7. The van der Waals surface area contributed by atoms with Crippen molar-refractivity contribution in [2.24, 2.45) is 11.7 Å². The van der Waals surface area contributed by atoms with Gasteiger partial charge in [0.25, 0.3) is 0 Å². The third-order valence-corrected chi connectivity index (χ3v) is 3.85. The van der Waals surface area contributed by atoms with E-state index in [1.807, 2.05) is 12.1 Å². The molecule has 0 aromatic heterocycles. The summed E-state index contributed by atoms with van der Waals surface area (Å²) in [4.78, 5) is 0. The highest BCUT2D eigenvalue weighted by atomic mass is 16.5. The maximum absolute atomic E-state index is 6.37. The summed E-state index contributed by atoms with van der Waals surface area (Å²) in [7, 11) is 1.70. The van der Waals surface area contributed by atoms with Gasteiger partial charge >= 0.3 is 0 Å². The molecule has 2 heteroatoms. The van der Waals surface area contributed by atoms with Crippen molar-refractivity contribution in [3.63, 3.8) is 0 Å². The molecule has 1 unspecified atom stereocenters. The Kier molecular flexibility index (Phi) is 7.57. The Morgan fingerprint density at radius 2 is 1.58 bits per heavy atom. The quantitative estimate of drug-likeness (QED) is 0.725. The molecule has 1 aromatic carbocycles. The smallest absolute Gasteiger partial charge is 0.118 e. The molecule has 1 aromatic rings. The van der Waals surface area contributed by atoms with Crippen LogP contribution in [0.2, 0.25) is 0 Å². The number of methoxy groups -OCH3 is 1. The van der Waals surface area contributed by atoms with Gasteiger partial charge in [0, 0.05) is 6.04 Å². The zero-order valence-electron chi connectivity index (χ0n) is 12.7. The Bertz CT molecular complexity index is 328. The normalized spacial score (nSPS) is 12.7. The Balaban J connectivity index is 2.44. The molecule has 19 heavy (non-hydrogen) atoms. The molecule has 2 nitrogen and oxygen atoms in total. The van der Waals surface area contributed by atoms with E-state index in [9.17, 15) is 0 Å². The van der Waals surface area contributed by atoms with Crippen molar-refractivity contribution >= 4 is 0 Å². The summed E-state index contributed by atoms with van der Waals surface area (Å²) in [6.45, 7) is 4.50. The van der Waals surface area contributed by atoms with Gasteiger partial charge < -0.3 is 10.5 Å². The minimum atomic E-state index is 0.335. The summed E-state index contributed by atoms with van der Waals surface area (Å²) >= 11 is 0. The molecule has 0 fully saturated rings. The van der Waals surface area contributed by atoms with Gasteiger partial charge in [0.15, 0.2) is 0 Å². The summed E-state index contributed by atoms with van der Waals surface area (Å²) in [5, 5.41) is 0. The molecule has 0 saturated heterocycles. The lowest BCUT2D eigenvalue weighted by Crippen LogP contribution is -2.30. The van der Waals surface area contributed by atoms with Crippen LogP contribution in [0.4, 0.5) is 0 Å². The van der Waals surface area contributed by atoms with E-state index in [-0.39, 0.29) is 0 Å². The molecule has 0 spiro atoms. The molecule has 0 radical (unpaired) electrons. The molecule has 0 saturated carbocycles. The third kappa shape index (κ3) is 5.65. The molecule has 0 aliphatic heterocycles. The SMILES string of the molecule is CCCC(CCC)C(N)CCc1ccc(OC)cc1. The highest BCUT2D eigenvalue weighted by Gasteiger charge is 2.15. The zero-order chi connectivity index (χ0) is 14.1. The van der Waals surface area contributed by atoms with Crippen molar-refractivity contribution in [2.45, 2.75) is 58.4 Å².